The fourth-order valence-corrected chi connectivity index (χ4v) is 1.34. The molecule has 53 valence electrons. The fourth-order valence-electron chi connectivity index (χ4n) is 0.929. The monoisotopic (exact) mass is 207 g/mol. The number of halogens is 1. The molecule has 0 aliphatic rings. The van der Waals surface area contributed by atoms with E-state index in [4.69, 9.17) is 0 Å². The summed E-state index contributed by atoms with van der Waals surface area (Å²) in [5.74, 6) is 0. The lowest BCUT2D eigenvalue weighted by Gasteiger charge is -1.94. The highest BCUT2D eigenvalue weighted by Crippen LogP contribution is 2.17. The molecule has 2 nitrogen and oxygen atoms in total. The molecule has 1 radical (unpaired) electrons. The largest absolute Gasteiger partial charge is 0.225 e. The van der Waals surface area contributed by atoms with E-state index in [0.717, 1.165) is 15.5 Å². The van der Waals surface area contributed by atoms with Gasteiger partial charge < -0.3 is 0 Å². The van der Waals surface area contributed by atoms with Crippen LogP contribution in [0, 0.1) is 6.33 Å². The standard InChI is InChI=1S/C8H4BrN2/c9-8-6-3-1-2-4-7(6)10-5-11-8/h1-4H. The van der Waals surface area contributed by atoms with Gasteiger partial charge in [-0.3, -0.25) is 0 Å². The molecule has 0 saturated carbocycles. The van der Waals surface area contributed by atoms with Crippen molar-refractivity contribution in [1.82, 2.24) is 9.97 Å². The minimum absolute atomic E-state index is 0.795. The molecule has 0 aliphatic heterocycles. The lowest BCUT2D eigenvalue weighted by atomic mass is 10.2. The summed E-state index contributed by atoms with van der Waals surface area (Å²) in [5.41, 5.74) is 0.911. The van der Waals surface area contributed by atoms with Crippen LogP contribution in [0.3, 0.4) is 0 Å². The van der Waals surface area contributed by atoms with Crippen molar-refractivity contribution in [3.05, 3.63) is 35.2 Å². The van der Waals surface area contributed by atoms with Gasteiger partial charge in [-0.2, -0.15) is 0 Å². The van der Waals surface area contributed by atoms with Crippen molar-refractivity contribution in [2.24, 2.45) is 0 Å². The van der Waals surface area contributed by atoms with E-state index in [0.29, 0.717) is 0 Å². The normalized spacial score (nSPS) is 10.3. The minimum Gasteiger partial charge on any atom is -0.225 e. The highest BCUT2D eigenvalue weighted by Gasteiger charge is 1.97. The highest BCUT2D eigenvalue weighted by atomic mass is 79.9. The van der Waals surface area contributed by atoms with Crippen LogP contribution in [0.15, 0.2) is 28.9 Å². The third-order valence-electron chi connectivity index (χ3n) is 1.44. The zero-order valence-electron chi connectivity index (χ0n) is 5.58. The summed E-state index contributed by atoms with van der Waals surface area (Å²) in [5, 5.41) is 1.02. The summed E-state index contributed by atoms with van der Waals surface area (Å²) < 4.78 is 0.795. The zero-order valence-corrected chi connectivity index (χ0v) is 7.17. The van der Waals surface area contributed by atoms with Gasteiger partial charge in [-0.25, -0.2) is 9.97 Å². The molecule has 0 fully saturated rings. The van der Waals surface area contributed by atoms with Gasteiger partial charge in [0.25, 0.3) is 0 Å². The molecule has 2 aromatic rings. The van der Waals surface area contributed by atoms with E-state index < -0.39 is 0 Å². The molecule has 1 aromatic heterocycles. The van der Waals surface area contributed by atoms with Gasteiger partial charge in [-0.1, -0.05) is 18.2 Å². The van der Waals surface area contributed by atoms with Crippen LogP contribution < -0.4 is 0 Å². The van der Waals surface area contributed by atoms with Gasteiger partial charge in [0.05, 0.1) is 5.52 Å². The van der Waals surface area contributed by atoms with Gasteiger partial charge >= 0.3 is 0 Å². The van der Waals surface area contributed by atoms with Crippen LogP contribution in [0.5, 0.6) is 0 Å². The molecular weight excluding hydrogens is 204 g/mol. The van der Waals surface area contributed by atoms with Crippen LogP contribution in [0.2, 0.25) is 0 Å². The van der Waals surface area contributed by atoms with Crippen molar-refractivity contribution >= 4 is 26.8 Å². The van der Waals surface area contributed by atoms with Crippen LogP contribution in [-0.2, 0) is 0 Å². The van der Waals surface area contributed by atoms with Gasteiger partial charge in [-0.15, -0.1) is 0 Å². The van der Waals surface area contributed by atoms with Gasteiger partial charge in [0, 0.05) is 5.39 Å². The van der Waals surface area contributed by atoms with Gasteiger partial charge in [-0.05, 0) is 22.0 Å². The molecule has 2 rings (SSSR count). The molecule has 1 heterocycles. The zero-order chi connectivity index (χ0) is 7.68. The van der Waals surface area contributed by atoms with Crippen LogP contribution in [0.25, 0.3) is 10.9 Å². The van der Waals surface area contributed by atoms with E-state index in [2.05, 4.69) is 32.2 Å². The summed E-state index contributed by atoms with van der Waals surface area (Å²) in [6.45, 7) is 0. The molecule has 0 N–H and O–H groups in total. The summed E-state index contributed by atoms with van der Waals surface area (Å²) in [6, 6.07) is 7.79. The van der Waals surface area contributed by atoms with E-state index in [-0.39, 0.29) is 0 Å². The average Bonchev–Trinajstić information content (AvgIpc) is 2.06. The Labute approximate surface area is 72.4 Å². The van der Waals surface area contributed by atoms with E-state index in [1.54, 1.807) is 0 Å². The average molecular weight is 208 g/mol. The van der Waals surface area contributed by atoms with Crippen molar-refractivity contribution in [1.29, 1.82) is 0 Å². The number of para-hydroxylation sites is 1. The van der Waals surface area contributed by atoms with Crippen molar-refractivity contribution < 1.29 is 0 Å². The molecule has 0 aliphatic carbocycles. The third kappa shape index (κ3) is 1.12. The first-order valence-corrected chi connectivity index (χ1v) is 3.95. The first kappa shape index (κ1) is 6.73. The molecule has 0 unspecified atom stereocenters. The summed E-state index contributed by atoms with van der Waals surface area (Å²) in [6.07, 6.45) is 2.56. The second kappa shape index (κ2) is 2.58. The summed E-state index contributed by atoms with van der Waals surface area (Å²) in [7, 11) is 0. The molecule has 0 bridgehead atoms. The minimum atomic E-state index is 0.795. The van der Waals surface area contributed by atoms with Crippen LogP contribution in [0.1, 0.15) is 0 Å². The molecule has 0 spiro atoms. The topological polar surface area (TPSA) is 25.8 Å². The predicted octanol–water partition coefficient (Wildman–Crippen LogP) is 2.19. The number of hydrogen-bond donors (Lipinski definition) is 0. The molecular formula is C8H4BrN2. The summed E-state index contributed by atoms with van der Waals surface area (Å²) in [4.78, 5) is 7.86. The van der Waals surface area contributed by atoms with Crippen LogP contribution >= 0.6 is 15.9 Å². The van der Waals surface area contributed by atoms with Gasteiger partial charge in [0.2, 0.25) is 0 Å². The highest BCUT2D eigenvalue weighted by molar-refractivity contribution is 9.10. The Hall–Kier alpha value is -0.960. The Morgan fingerprint density at radius 2 is 2.00 bits per heavy atom. The van der Waals surface area contributed by atoms with E-state index in [1.165, 1.54) is 0 Å². The second-order valence-electron chi connectivity index (χ2n) is 2.13. The molecule has 11 heavy (non-hydrogen) atoms. The maximum Gasteiger partial charge on any atom is 0.199 e. The molecule has 0 amide bonds. The van der Waals surface area contributed by atoms with Crippen molar-refractivity contribution in [3.63, 3.8) is 0 Å². The second-order valence-corrected chi connectivity index (χ2v) is 2.88. The maximum atomic E-state index is 3.98. The van der Waals surface area contributed by atoms with E-state index >= 15 is 0 Å². The predicted molar refractivity (Wildman–Crippen MR) is 46.1 cm³/mol. The van der Waals surface area contributed by atoms with Crippen molar-refractivity contribution in [2.45, 2.75) is 0 Å². The number of aromatic nitrogens is 2. The first-order chi connectivity index (χ1) is 5.38. The molecule has 1 aromatic carbocycles. The van der Waals surface area contributed by atoms with Gasteiger partial charge in [0.15, 0.2) is 6.33 Å². The number of nitrogens with zero attached hydrogens (tertiary/aromatic N) is 2. The van der Waals surface area contributed by atoms with E-state index in [9.17, 15) is 0 Å². The van der Waals surface area contributed by atoms with Crippen LogP contribution in [0.4, 0.5) is 0 Å². The van der Waals surface area contributed by atoms with Gasteiger partial charge in [0.1, 0.15) is 4.60 Å². The number of benzene rings is 1. The number of hydrogen-bond acceptors (Lipinski definition) is 2. The molecule has 0 saturated heterocycles. The Morgan fingerprint density at radius 3 is 2.82 bits per heavy atom. The van der Waals surface area contributed by atoms with Crippen molar-refractivity contribution in [2.75, 3.05) is 0 Å². The molecule has 0 atom stereocenters. The third-order valence-corrected chi connectivity index (χ3v) is 2.05. The Kier molecular flexibility index (Phi) is 1.58. The first-order valence-electron chi connectivity index (χ1n) is 3.16. The Morgan fingerprint density at radius 1 is 1.18 bits per heavy atom. The quantitative estimate of drug-likeness (QED) is 0.620. The Balaban J connectivity index is 2.91. The molecule has 3 heteroatoms. The number of fused-ring (bicyclic) bond motifs is 1. The number of rotatable bonds is 0. The maximum absolute atomic E-state index is 3.98. The fraction of sp³-hybridized carbons (Fsp3) is 0. The Bertz CT molecular complexity index is 381. The smallest absolute Gasteiger partial charge is 0.199 e. The SMILES string of the molecule is Brc1n[c]nc2ccccc12. The van der Waals surface area contributed by atoms with E-state index in [1.807, 2.05) is 24.3 Å². The van der Waals surface area contributed by atoms with Crippen LogP contribution in [-0.4, -0.2) is 9.97 Å². The summed E-state index contributed by atoms with van der Waals surface area (Å²) >= 11 is 3.31. The lowest BCUT2D eigenvalue weighted by Crippen LogP contribution is -1.82. The van der Waals surface area contributed by atoms with Crippen molar-refractivity contribution in [3.8, 4) is 0 Å². The lowest BCUT2D eigenvalue weighted by molar-refractivity contribution is 1.17.